The van der Waals surface area contributed by atoms with Crippen LogP contribution in [0.3, 0.4) is 0 Å². The molecule has 4 nitrogen and oxygen atoms in total. The number of hydrogen-bond acceptors (Lipinski definition) is 3. The first-order valence-electron chi connectivity index (χ1n) is 4.11. The lowest BCUT2D eigenvalue weighted by Crippen LogP contribution is -2.12. The number of H-pyrrole nitrogens is 1. The molecule has 72 valence electrons. The fourth-order valence-electron chi connectivity index (χ4n) is 1.11. The lowest BCUT2D eigenvalue weighted by atomic mass is 10.2. The third-order valence-electron chi connectivity index (χ3n) is 1.85. The van der Waals surface area contributed by atoms with Crippen LogP contribution in [0.5, 0.6) is 0 Å². The second-order valence-corrected chi connectivity index (χ2v) is 3.64. The summed E-state index contributed by atoms with van der Waals surface area (Å²) >= 11 is 1.52. The van der Waals surface area contributed by atoms with Crippen molar-refractivity contribution in [1.29, 1.82) is 0 Å². The first kappa shape index (κ1) is 8.96. The van der Waals surface area contributed by atoms with E-state index >= 15 is 0 Å². The molecule has 0 atom stereocenters. The molecule has 0 saturated heterocycles. The Bertz CT molecular complexity index is 433. The first-order chi connectivity index (χ1) is 6.77. The van der Waals surface area contributed by atoms with Crippen LogP contribution in [-0.2, 0) is 0 Å². The Morgan fingerprint density at radius 2 is 2.43 bits per heavy atom. The summed E-state index contributed by atoms with van der Waals surface area (Å²) in [6, 6.07) is 1.71. The third-order valence-corrected chi connectivity index (χ3v) is 2.71. The Labute approximate surface area is 85.0 Å². The monoisotopic (exact) mass is 207 g/mol. The molecule has 0 spiro atoms. The predicted molar refractivity (Wildman–Crippen MR) is 55.6 cm³/mol. The predicted octanol–water partition coefficient (Wildman–Crippen LogP) is 2.03. The van der Waals surface area contributed by atoms with E-state index in [1.807, 2.05) is 17.7 Å². The second kappa shape index (κ2) is 3.63. The number of hydrogen-bond donors (Lipinski definition) is 2. The number of anilines is 1. The highest BCUT2D eigenvalue weighted by Gasteiger charge is 2.09. The van der Waals surface area contributed by atoms with E-state index in [0.29, 0.717) is 11.4 Å². The van der Waals surface area contributed by atoms with Crippen molar-refractivity contribution in [1.82, 2.24) is 10.2 Å². The molecule has 0 bridgehead atoms. The van der Waals surface area contributed by atoms with Gasteiger partial charge in [0.1, 0.15) is 5.82 Å². The van der Waals surface area contributed by atoms with Crippen molar-refractivity contribution in [2.45, 2.75) is 6.92 Å². The quantitative estimate of drug-likeness (QED) is 0.791. The smallest absolute Gasteiger partial charge is 0.257 e. The zero-order chi connectivity index (χ0) is 9.97. The number of nitrogens with zero attached hydrogens (tertiary/aromatic N) is 1. The van der Waals surface area contributed by atoms with Crippen molar-refractivity contribution < 1.29 is 4.79 Å². The molecule has 0 aromatic carbocycles. The van der Waals surface area contributed by atoms with Gasteiger partial charge in [-0.1, -0.05) is 0 Å². The summed E-state index contributed by atoms with van der Waals surface area (Å²) in [7, 11) is 0. The summed E-state index contributed by atoms with van der Waals surface area (Å²) in [5.41, 5.74) is 1.71. The van der Waals surface area contributed by atoms with Gasteiger partial charge in [-0.2, -0.15) is 16.4 Å². The minimum absolute atomic E-state index is 0.104. The Hall–Kier alpha value is -1.62. The van der Waals surface area contributed by atoms with Gasteiger partial charge in [0.05, 0.1) is 11.8 Å². The number of carbonyl (C=O) groups excluding carboxylic acids is 1. The molecule has 0 unspecified atom stereocenters. The molecule has 0 saturated carbocycles. The molecule has 0 aliphatic heterocycles. The van der Waals surface area contributed by atoms with E-state index in [0.717, 1.165) is 5.56 Å². The molecular weight excluding hydrogens is 198 g/mol. The van der Waals surface area contributed by atoms with Crippen molar-refractivity contribution in [3.63, 3.8) is 0 Å². The maximum Gasteiger partial charge on any atom is 0.257 e. The van der Waals surface area contributed by atoms with E-state index < -0.39 is 0 Å². The van der Waals surface area contributed by atoms with Gasteiger partial charge in [-0.3, -0.25) is 9.89 Å². The Morgan fingerprint density at radius 3 is 3.00 bits per heavy atom. The van der Waals surface area contributed by atoms with E-state index in [2.05, 4.69) is 15.5 Å². The van der Waals surface area contributed by atoms with Gasteiger partial charge >= 0.3 is 0 Å². The minimum Gasteiger partial charge on any atom is -0.307 e. The molecule has 2 aromatic heterocycles. The van der Waals surface area contributed by atoms with Crippen molar-refractivity contribution in [2.75, 3.05) is 5.32 Å². The van der Waals surface area contributed by atoms with Gasteiger partial charge in [0, 0.05) is 11.4 Å². The van der Waals surface area contributed by atoms with E-state index in [1.165, 1.54) is 11.3 Å². The summed E-state index contributed by atoms with van der Waals surface area (Å²) in [5.74, 6) is 0.508. The fourth-order valence-corrected chi connectivity index (χ4v) is 1.94. The zero-order valence-corrected chi connectivity index (χ0v) is 8.39. The number of thiophene rings is 1. The molecule has 1 amide bonds. The van der Waals surface area contributed by atoms with Crippen molar-refractivity contribution in [2.24, 2.45) is 0 Å². The summed E-state index contributed by atoms with van der Waals surface area (Å²) in [4.78, 5) is 11.6. The minimum atomic E-state index is -0.104. The lowest BCUT2D eigenvalue weighted by molar-refractivity contribution is 0.102. The maximum absolute atomic E-state index is 11.6. The molecule has 0 aliphatic carbocycles. The number of carbonyl (C=O) groups is 1. The van der Waals surface area contributed by atoms with Crippen LogP contribution < -0.4 is 5.32 Å². The number of aromatic amines is 1. The molecule has 5 heteroatoms. The Kier molecular flexibility index (Phi) is 2.32. The molecule has 2 rings (SSSR count). The highest BCUT2D eigenvalue weighted by Crippen LogP contribution is 2.14. The van der Waals surface area contributed by atoms with Crippen LogP contribution in [0.4, 0.5) is 5.82 Å². The zero-order valence-electron chi connectivity index (χ0n) is 7.57. The van der Waals surface area contributed by atoms with Crippen LogP contribution in [0.2, 0.25) is 0 Å². The van der Waals surface area contributed by atoms with Gasteiger partial charge in [0.2, 0.25) is 0 Å². The average Bonchev–Trinajstić information content (AvgIpc) is 2.75. The molecule has 0 fully saturated rings. The van der Waals surface area contributed by atoms with Gasteiger partial charge < -0.3 is 5.32 Å². The van der Waals surface area contributed by atoms with E-state index in [-0.39, 0.29) is 5.91 Å². The van der Waals surface area contributed by atoms with Crippen LogP contribution >= 0.6 is 11.3 Å². The van der Waals surface area contributed by atoms with Crippen LogP contribution in [0.1, 0.15) is 15.9 Å². The molecule has 14 heavy (non-hydrogen) atoms. The summed E-state index contributed by atoms with van der Waals surface area (Å²) in [6.45, 7) is 1.92. The maximum atomic E-state index is 11.6. The van der Waals surface area contributed by atoms with E-state index in [4.69, 9.17) is 0 Å². The topological polar surface area (TPSA) is 57.8 Å². The summed E-state index contributed by atoms with van der Waals surface area (Å²) < 4.78 is 0. The van der Waals surface area contributed by atoms with Crippen molar-refractivity contribution in [3.8, 4) is 0 Å². The van der Waals surface area contributed by atoms with Crippen molar-refractivity contribution in [3.05, 3.63) is 34.2 Å². The van der Waals surface area contributed by atoms with Crippen LogP contribution in [-0.4, -0.2) is 16.1 Å². The largest absolute Gasteiger partial charge is 0.307 e. The van der Waals surface area contributed by atoms with Gasteiger partial charge in [-0.05, 0) is 17.9 Å². The number of rotatable bonds is 2. The SMILES string of the molecule is Cc1cscc1C(=O)Nc1ccn[nH]1. The number of aromatic nitrogens is 2. The Balaban J connectivity index is 2.14. The number of amides is 1. The van der Waals surface area contributed by atoms with E-state index in [1.54, 1.807) is 12.3 Å². The standard InChI is InChI=1S/C9H9N3OS/c1-6-4-14-5-7(6)9(13)11-8-2-3-10-12-8/h2-5H,1H3,(H2,10,11,12,13). The van der Waals surface area contributed by atoms with Gasteiger partial charge in [0.25, 0.3) is 5.91 Å². The summed E-state index contributed by atoms with van der Waals surface area (Å²) in [6.07, 6.45) is 1.59. The molecule has 2 aromatic rings. The van der Waals surface area contributed by atoms with Crippen LogP contribution in [0.25, 0.3) is 0 Å². The lowest BCUT2D eigenvalue weighted by Gasteiger charge is -2.00. The highest BCUT2D eigenvalue weighted by molar-refractivity contribution is 7.08. The third kappa shape index (κ3) is 1.67. The molecule has 0 aliphatic rings. The van der Waals surface area contributed by atoms with Gasteiger partial charge in [-0.25, -0.2) is 0 Å². The van der Waals surface area contributed by atoms with Gasteiger partial charge in [-0.15, -0.1) is 0 Å². The summed E-state index contributed by atoms with van der Waals surface area (Å²) in [5, 5.41) is 12.9. The molecule has 2 heterocycles. The average molecular weight is 207 g/mol. The van der Waals surface area contributed by atoms with E-state index in [9.17, 15) is 4.79 Å². The van der Waals surface area contributed by atoms with Crippen LogP contribution in [0.15, 0.2) is 23.0 Å². The second-order valence-electron chi connectivity index (χ2n) is 2.89. The van der Waals surface area contributed by atoms with Crippen LogP contribution in [0, 0.1) is 6.92 Å². The number of aryl methyl sites for hydroxylation is 1. The van der Waals surface area contributed by atoms with Crippen molar-refractivity contribution >= 4 is 23.1 Å². The Morgan fingerprint density at radius 1 is 1.57 bits per heavy atom. The molecule has 0 radical (unpaired) electrons. The molecular formula is C9H9N3OS. The normalized spacial score (nSPS) is 10.1. The first-order valence-corrected chi connectivity index (χ1v) is 5.05. The fraction of sp³-hybridized carbons (Fsp3) is 0.111. The molecule has 2 N–H and O–H groups in total. The van der Waals surface area contributed by atoms with Gasteiger partial charge in [0.15, 0.2) is 0 Å². The number of nitrogens with one attached hydrogen (secondary N) is 2. The highest BCUT2D eigenvalue weighted by atomic mass is 32.1.